The summed E-state index contributed by atoms with van der Waals surface area (Å²) in [6.07, 6.45) is 3.01. The van der Waals surface area contributed by atoms with Crippen molar-refractivity contribution >= 4 is 45.6 Å². The SMILES string of the molecule is CN1CCN(c2ncc(Cl)c(Nc3ccc4c(c3)c3c(c(=O)n4C)OCC(F)(F)[C@H](C4CC4)N3)n2)CC1. The van der Waals surface area contributed by atoms with Crippen LogP contribution in [0.25, 0.3) is 10.9 Å². The highest BCUT2D eigenvalue weighted by Gasteiger charge is 2.51. The van der Waals surface area contributed by atoms with Crippen molar-refractivity contribution in [3.8, 4) is 5.75 Å². The van der Waals surface area contributed by atoms with Crippen LogP contribution in [0.3, 0.4) is 0 Å². The van der Waals surface area contributed by atoms with E-state index < -0.39 is 24.1 Å². The van der Waals surface area contributed by atoms with Gasteiger partial charge >= 0.3 is 5.92 Å². The van der Waals surface area contributed by atoms with Gasteiger partial charge in [0.15, 0.2) is 12.4 Å². The van der Waals surface area contributed by atoms with Crippen molar-refractivity contribution in [3.63, 3.8) is 0 Å². The number of hydrogen-bond acceptors (Lipinski definition) is 8. The number of rotatable bonds is 4. The molecule has 4 heterocycles. The molecule has 0 spiro atoms. The maximum atomic E-state index is 14.9. The lowest BCUT2D eigenvalue weighted by atomic mass is 10.0. The first-order valence-corrected chi connectivity index (χ1v) is 12.8. The number of fused-ring (bicyclic) bond motifs is 3. The Bertz CT molecular complexity index is 1420. The maximum absolute atomic E-state index is 14.9. The summed E-state index contributed by atoms with van der Waals surface area (Å²) < 4.78 is 36.7. The zero-order chi connectivity index (χ0) is 25.9. The number of hydrogen-bond donors (Lipinski definition) is 2. The molecule has 2 N–H and O–H groups in total. The predicted octanol–water partition coefficient (Wildman–Crippen LogP) is 3.70. The van der Waals surface area contributed by atoms with Crippen LogP contribution in [-0.2, 0) is 7.05 Å². The molecule has 37 heavy (non-hydrogen) atoms. The van der Waals surface area contributed by atoms with E-state index >= 15 is 0 Å². The second-order valence-corrected chi connectivity index (χ2v) is 10.5. The Morgan fingerprint density at radius 2 is 1.95 bits per heavy atom. The molecule has 2 fully saturated rings. The average molecular weight is 532 g/mol. The van der Waals surface area contributed by atoms with E-state index in [1.807, 2.05) is 0 Å². The first-order chi connectivity index (χ1) is 17.7. The number of benzene rings is 1. The van der Waals surface area contributed by atoms with Crippen LogP contribution in [0.1, 0.15) is 12.8 Å². The second-order valence-electron chi connectivity index (χ2n) is 10.1. The number of nitrogens with zero attached hydrogens (tertiary/aromatic N) is 5. The van der Waals surface area contributed by atoms with Gasteiger partial charge in [-0.05, 0) is 44.0 Å². The van der Waals surface area contributed by atoms with Gasteiger partial charge < -0.3 is 29.7 Å². The average Bonchev–Trinajstić information content (AvgIpc) is 3.72. The van der Waals surface area contributed by atoms with Crippen LogP contribution in [0.4, 0.5) is 31.9 Å². The Morgan fingerprint density at radius 1 is 1.19 bits per heavy atom. The van der Waals surface area contributed by atoms with Crippen LogP contribution in [-0.4, -0.2) is 71.2 Å². The number of nitrogens with one attached hydrogen (secondary N) is 2. The smallest absolute Gasteiger partial charge is 0.301 e. The Kier molecular flexibility index (Phi) is 5.87. The van der Waals surface area contributed by atoms with E-state index in [-0.39, 0.29) is 11.7 Å². The maximum Gasteiger partial charge on any atom is 0.301 e. The lowest BCUT2D eigenvalue weighted by molar-refractivity contribution is -0.0579. The molecule has 12 heteroatoms. The lowest BCUT2D eigenvalue weighted by Gasteiger charge is -2.32. The highest BCUT2D eigenvalue weighted by atomic mass is 35.5. The molecule has 1 atom stereocenters. The number of alkyl halides is 2. The van der Waals surface area contributed by atoms with Crippen molar-refractivity contribution in [2.45, 2.75) is 24.8 Å². The van der Waals surface area contributed by atoms with Crippen LogP contribution < -0.4 is 25.8 Å². The largest absolute Gasteiger partial charge is 0.480 e. The summed E-state index contributed by atoms with van der Waals surface area (Å²) in [5, 5.41) is 7.20. The predicted molar refractivity (Wildman–Crippen MR) is 140 cm³/mol. The van der Waals surface area contributed by atoms with Gasteiger partial charge in [-0.25, -0.2) is 13.8 Å². The molecule has 1 saturated heterocycles. The molecule has 0 bridgehead atoms. The van der Waals surface area contributed by atoms with E-state index in [9.17, 15) is 13.6 Å². The first kappa shape index (κ1) is 24.2. The van der Waals surface area contributed by atoms with Gasteiger partial charge in [-0.2, -0.15) is 4.98 Å². The van der Waals surface area contributed by atoms with Crippen LogP contribution in [0.5, 0.6) is 5.75 Å². The molecule has 1 saturated carbocycles. The van der Waals surface area contributed by atoms with Gasteiger partial charge in [0.1, 0.15) is 5.02 Å². The molecule has 0 radical (unpaired) electrons. The molecule has 0 amide bonds. The fourth-order valence-electron chi connectivity index (χ4n) is 5.03. The number of pyridine rings is 1. The molecule has 6 rings (SSSR count). The number of aryl methyl sites for hydroxylation is 1. The normalized spacial score (nSPS) is 21.6. The number of halogens is 3. The summed E-state index contributed by atoms with van der Waals surface area (Å²) in [5.41, 5.74) is 1.07. The number of piperazine rings is 1. The highest BCUT2D eigenvalue weighted by Crippen LogP contribution is 2.45. The van der Waals surface area contributed by atoms with Gasteiger partial charge in [-0.1, -0.05) is 11.6 Å². The Hall–Kier alpha value is -3.18. The summed E-state index contributed by atoms with van der Waals surface area (Å²) in [7, 11) is 3.68. The minimum absolute atomic E-state index is 0.0904. The summed E-state index contributed by atoms with van der Waals surface area (Å²) in [6.45, 7) is 2.62. The van der Waals surface area contributed by atoms with Crippen molar-refractivity contribution in [2.75, 3.05) is 55.4 Å². The molecule has 0 unspecified atom stereocenters. The third-order valence-electron chi connectivity index (χ3n) is 7.39. The topological polar surface area (TPSA) is 87.5 Å². The molecule has 3 aromatic rings. The summed E-state index contributed by atoms with van der Waals surface area (Å²) in [5.74, 6) is -2.32. The van der Waals surface area contributed by atoms with Crippen LogP contribution in [0.15, 0.2) is 29.2 Å². The van der Waals surface area contributed by atoms with E-state index in [2.05, 4.69) is 37.4 Å². The molecule has 1 aromatic carbocycles. The molecule has 2 aromatic heterocycles. The minimum Gasteiger partial charge on any atom is -0.480 e. The van der Waals surface area contributed by atoms with Crippen molar-refractivity contribution < 1.29 is 13.5 Å². The quantitative estimate of drug-likeness (QED) is 0.527. The summed E-state index contributed by atoms with van der Waals surface area (Å²) in [4.78, 5) is 26.4. The third-order valence-corrected chi connectivity index (χ3v) is 7.67. The molecule has 2 aliphatic heterocycles. The molecular formula is C25H28ClF2N7O2. The monoisotopic (exact) mass is 531 g/mol. The van der Waals surface area contributed by atoms with E-state index in [4.69, 9.17) is 16.3 Å². The van der Waals surface area contributed by atoms with Gasteiger partial charge in [-0.3, -0.25) is 4.79 Å². The van der Waals surface area contributed by atoms with Gasteiger partial charge in [-0.15, -0.1) is 0 Å². The van der Waals surface area contributed by atoms with Gasteiger partial charge in [0.05, 0.1) is 23.4 Å². The van der Waals surface area contributed by atoms with Gasteiger partial charge in [0.2, 0.25) is 11.7 Å². The van der Waals surface area contributed by atoms with E-state index in [1.165, 1.54) is 4.57 Å². The van der Waals surface area contributed by atoms with Crippen LogP contribution in [0, 0.1) is 5.92 Å². The Morgan fingerprint density at radius 3 is 2.68 bits per heavy atom. The Labute approximate surface area is 217 Å². The highest BCUT2D eigenvalue weighted by molar-refractivity contribution is 6.32. The molecule has 1 aliphatic carbocycles. The van der Waals surface area contributed by atoms with Gasteiger partial charge in [0.25, 0.3) is 5.56 Å². The number of ether oxygens (including phenoxy) is 1. The van der Waals surface area contributed by atoms with Crippen LogP contribution in [0.2, 0.25) is 5.02 Å². The Balaban J connectivity index is 1.38. The van der Waals surface area contributed by atoms with Crippen molar-refractivity contribution in [3.05, 3.63) is 39.8 Å². The minimum atomic E-state index is -3.10. The van der Waals surface area contributed by atoms with Gasteiger partial charge in [0, 0.05) is 44.3 Å². The lowest BCUT2D eigenvalue weighted by Crippen LogP contribution is -2.45. The fraction of sp³-hybridized carbons (Fsp3) is 0.480. The first-order valence-electron chi connectivity index (χ1n) is 12.4. The zero-order valence-electron chi connectivity index (χ0n) is 20.6. The van der Waals surface area contributed by atoms with Crippen molar-refractivity contribution in [1.82, 2.24) is 19.4 Å². The fourth-order valence-corrected chi connectivity index (χ4v) is 5.17. The van der Waals surface area contributed by atoms with E-state index in [0.29, 0.717) is 39.1 Å². The molecule has 3 aliphatic rings. The third kappa shape index (κ3) is 4.44. The van der Waals surface area contributed by atoms with Crippen LogP contribution >= 0.6 is 11.6 Å². The molecular weight excluding hydrogens is 504 g/mol. The van der Waals surface area contributed by atoms with Crippen molar-refractivity contribution in [2.24, 2.45) is 13.0 Å². The van der Waals surface area contributed by atoms with E-state index in [1.54, 1.807) is 31.4 Å². The number of anilines is 4. The van der Waals surface area contributed by atoms with E-state index in [0.717, 1.165) is 39.0 Å². The second kappa shape index (κ2) is 8.98. The molecule has 196 valence electrons. The van der Waals surface area contributed by atoms with Crippen molar-refractivity contribution in [1.29, 1.82) is 0 Å². The number of aromatic nitrogens is 3. The summed E-state index contributed by atoms with van der Waals surface area (Å²) in [6, 6.07) is 4.27. The zero-order valence-corrected chi connectivity index (χ0v) is 21.4. The molecule has 9 nitrogen and oxygen atoms in total. The summed E-state index contributed by atoms with van der Waals surface area (Å²) >= 11 is 6.43. The standard InChI is InChI=1S/C25H28ClF2N7O2/c1-33-7-9-35(10-8-33)24-29-12-17(26)22(32-24)30-15-5-6-18-16(11-15)19-20(23(36)34(18)2)37-13-25(27,28)21(31-19)14-3-4-14/h5-6,11-12,14,21,31H,3-4,7-10,13H2,1-2H3,(H,29,30,32)/t21-/m0/s1. The number of likely N-dealkylation sites (N-methyl/N-ethyl adjacent to an activating group) is 1.